The van der Waals surface area contributed by atoms with Crippen molar-refractivity contribution in [3.8, 4) is 5.88 Å². The van der Waals surface area contributed by atoms with Crippen LogP contribution in [-0.4, -0.2) is 18.1 Å². The van der Waals surface area contributed by atoms with Crippen LogP contribution < -0.4 is 10.5 Å². The van der Waals surface area contributed by atoms with Gasteiger partial charge >= 0.3 is 0 Å². The third kappa shape index (κ3) is 3.34. The van der Waals surface area contributed by atoms with Crippen molar-refractivity contribution in [1.29, 1.82) is 0 Å². The van der Waals surface area contributed by atoms with Crippen molar-refractivity contribution in [2.24, 2.45) is 5.73 Å². The first-order valence-corrected chi connectivity index (χ1v) is 5.03. The summed E-state index contributed by atoms with van der Waals surface area (Å²) in [5, 5.41) is 0. The van der Waals surface area contributed by atoms with Gasteiger partial charge < -0.3 is 10.5 Å². The minimum atomic E-state index is 0.514. The Morgan fingerprint density at radius 2 is 2.21 bits per heavy atom. The molecule has 0 amide bonds. The number of aromatic nitrogens is 1. The average Bonchev–Trinajstić information content (AvgIpc) is 2.19. The Hall–Kier alpha value is -1.09. The van der Waals surface area contributed by atoms with Gasteiger partial charge in [-0.25, -0.2) is 4.98 Å². The summed E-state index contributed by atoms with van der Waals surface area (Å²) in [6.07, 6.45) is 2.73. The van der Waals surface area contributed by atoms with Crippen LogP contribution in [0.25, 0.3) is 0 Å². The van der Waals surface area contributed by atoms with Crippen molar-refractivity contribution in [1.82, 2.24) is 4.98 Å². The van der Waals surface area contributed by atoms with E-state index >= 15 is 0 Å². The standard InChI is InChI=1S/C11H18N2O/c1-9(2)10-4-5-11(13-8-10)14-7-3-6-12/h4-5,8-9H,3,6-7,12H2,1-2H3. The molecule has 0 spiro atoms. The van der Waals surface area contributed by atoms with Crippen LogP contribution in [0.5, 0.6) is 5.88 Å². The Bertz CT molecular complexity index is 256. The van der Waals surface area contributed by atoms with Crippen molar-refractivity contribution in [3.05, 3.63) is 23.9 Å². The third-order valence-electron chi connectivity index (χ3n) is 2.02. The molecule has 3 nitrogen and oxygen atoms in total. The van der Waals surface area contributed by atoms with Crippen LogP contribution in [0.2, 0.25) is 0 Å². The fraction of sp³-hybridized carbons (Fsp3) is 0.545. The number of ether oxygens (including phenoxy) is 1. The van der Waals surface area contributed by atoms with Gasteiger partial charge in [-0.15, -0.1) is 0 Å². The Morgan fingerprint density at radius 1 is 1.43 bits per heavy atom. The van der Waals surface area contributed by atoms with Crippen LogP contribution in [0, 0.1) is 0 Å². The van der Waals surface area contributed by atoms with E-state index in [1.807, 2.05) is 12.3 Å². The van der Waals surface area contributed by atoms with E-state index < -0.39 is 0 Å². The van der Waals surface area contributed by atoms with Crippen LogP contribution in [0.3, 0.4) is 0 Å². The maximum Gasteiger partial charge on any atom is 0.213 e. The van der Waals surface area contributed by atoms with Gasteiger partial charge in [-0.05, 0) is 24.4 Å². The van der Waals surface area contributed by atoms with Gasteiger partial charge in [-0.1, -0.05) is 19.9 Å². The molecule has 0 saturated carbocycles. The molecule has 1 heterocycles. The number of hydrogen-bond donors (Lipinski definition) is 1. The summed E-state index contributed by atoms with van der Waals surface area (Å²) in [4.78, 5) is 4.21. The van der Waals surface area contributed by atoms with E-state index in [2.05, 4.69) is 24.9 Å². The first-order chi connectivity index (χ1) is 6.74. The zero-order chi connectivity index (χ0) is 10.4. The van der Waals surface area contributed by atoms with E-state index in [1.165, 1.54) is 5.56 Å². The summed E-state index contributed by atoms with van der Waals surface area (Å²) in [6, 6.07) is 3.96. The highest BCUT2D eigenvalue weighted by Crippen LogP contribution is 2.15. The zero-order valence-electron chi connectivity index (χ0n) is 8.86. The summed E-state index contributed by atoms with van der Waals surface area (Å²) >= 11 is 0. The first-order valence-electron chi connectivity index (χ1n) is 5.03. The lowest BCUT2D eigenvalue weighted by atomic mass is 10.1. The highest BCUT2D eigenvalue weighted by atomic mass is 16.5. The van der Waals surface area contributed by atoms with Crippen LogP contribution >= 0.6 is 0 Å². The average molecular weight is 194 g/mol. The van der Waals surface area contributed by atoms with Gasteiger partial charge in [0.25, 0.3) is 0 Å². The van der Waals surface area contributed by atoms with E-state index in [4.69, 9.17) is 10.5 Å². The molecular formula is C11H18N2O. The van der Waals surface area contributed by atoms with Gasteiger partial charge in [0.2, 0.25) is 5.88 Å². The van der Waals surface area contributed by atoms with Crippen LogP contribution in [0.1, 0.15) is 31.7 Å². The van der Waals surface area contributed by atoms with Crippen molar-refractivity contribution in [2.45, 2.75) is 26.2 Å². The second-order valence-corrected chi connectivity index (χ2v) is 3.58. The Kier molecular flexibility index (Phi) is 4.40. The van der Waals surface area contributed by atoms with E-state index in [9.17, 15) is 0 Å². The molecule has 0 fully saturated rings. The molecule has 14 heavy (non-hydrogen) atoms. The summed E-state index contributed by atoms with van der Waals surface area (Å²) in [7, 11) is 0. The first kappa shape index (κ1) is 11.0. The molecule has 0 aliphatic heterocycles. The summed E-state index contributed by atoms with van der Waals surface area (Å²) in [6.45, 7) is 5.59. The molecular weight excluding hydrogens is 176 g/mol. The minimum absolute atomic E-state index is 0.514. The Balaban J connectivity index is 2.47. The minimum Gasteiger partial charge on any atom is -0.478 e. The molecule has 0 aliphatic carbocycles. The second kappa shape index (κ2) is 5.60. The van der Waals surface area contributed by atoms with Gasteiger partial charge in [0.15, 0.2) is 0 Å². The van der Waals surface area contributed by atoms with Crippen LogP contribution in [0.15, 0.2) is 18.3 Å². The molecule has 0 atom stereocenters. The molecule has 3 heteroatoms. The monoisotopic (exact) mass is 194 g/mol. The predicted octanol–water partition coefficient (Wildman–Crippen LogP) is 1.93. The molecule has 0 bridgehead atoms. The molecule has 78 valence electrons. The maximum absolute atomic E-state index is 5.39. The highest BCUT2D eigenvalue weighted by Gasteiger charge is 2.00. The van der Waals surface area contributed by atoms with Crippen molar-refractivity contribution < 1.29 is 4.74 Å². The van der Waals surface area contributed by atoms with Crippen molar-refractivity contribution in [3.63, 3.8) is 0 Å². The second-order valence-electron chi connectivity index (χ2n) is 3.58. The molecule has 0 unspecified atom stereocenters. The van der Waals surface area contributed by atoms with Gasteiger partial charge in [-0.3, -0.25) is 0 Å². The fourth-order valence-corrected chi connectivity index (χ4v) is 1.08. The highest BCUT2D eigenvalue weighted by molar-refractivity contribution is 5.20. The van der Waals surface area contributed by atoms with Gasteiger partial charge in [0.1, 0.15) is 0 Å². The zero-order valence-corrected chi connectivity index (χ0v) is 8.86. The number of hydrogen-bond acceptors (Lipinski definition) is 3. The number of nitrogens with zero attached hydrogens (tertiary/aromatic N) is 1. The summed E-state index contributed by atoms with van der Waals surface area (Å²) in [5.74, 6) is 1.20. The fourth-order valence-electron chi connectivity index (χ4n) is 1.08. The van der Waals surface area contributed by atoms with Gasteiger partial charge in [0.05, 0.1) is 6.61 Å². The molecule has 1 rings (SSSR count). The summed E-state index contributed by atoms with van der Waals surface area (Å²) in [5.41, 5.74) is 6.59. The van der Waals surface area contributed by atoms with E-state index in [1.54, 1.807) is 0 Å². The normalized spacial score (nSPS) is 10.6. The SMILES string of the molecule is CC(C)c1ccc(OCCCN)nc1. The lowest BCUT2D eigenvalue weighted by molar-refractivity contribution is 0.301. The largest absolute Gasteiger partial charge is 0.478 e. The predicted molar refractivity (Wildman–Crippen MR) is 57.5 cm³/mol. The van der Waals surface area contributed by atoms with Crippen molar-refractivity contribution in [2.75, 3.05) is 13.2 Å². The molecule has 0 radical (unpaired) electrons. The molecule has 1 aromatic heterocycles. The molecule has 0 aromatic carbocycles. The molecule has 1 aromatic rings. The van der Waals surface area contributed by atoms with Crippen LogP contribution in [-0.2, 0) is 0 Å². The lowest BCUT2D eigenvalue weighted by Gasteiger charge is -2.07. The third-order valence-corrected chi connectivity index (χ3v) is 2.02. The lowest BCUT2D eigenvalue weighted by Crippen LogP contribution is -2.06. The van der Waals surface area contributed by atoms with Gasteiger partial charge in [-0.2, -0.15) is 0 Å². The van der Waals surface area contributed by atoms with Crippen molar-refractivity contribution >= 4 is 0 Å². The number of nitrogens with two attached hydrogens (primary N) is 1. The molecule has 0 saturated heterocycles. The Labute approximate surface area is 85.3 Å². The summed E-state index contributed by atoms with van der Waals surface area (Å²) < 4.78 is 5.39. The van der Waals surface area contributed by atoms with Crippen LogP contribution in [0.4, 0.5) is 0 Å². The van der Waals surface area contributed by atoms with E-state index in [-0.39, 0.29) is 0 Å². The topological polar surface area (TPSA) is 48.1 Å². The maximum atomic E-state index is 5.39. The Morgan fingerprint density at radius 3 is 2.71 bits per heavy atom. The number of pyridine rings is 1. The van der Waals surface area contributed by atoms with Gasteiger partial charge in [0, 0.05) is 12.3 Å². The quantitative estimate of drug-likeness (QED) is 0.729. The van der Waals surface area contributed by atoms with E-state index in [0.29, 0.717) is 24.9 Å². The molecule has 0 aliphatic rings. The molecule has 2 N–H and O–H groups in total. The van der Waals surface area contributed by atoms with E-state index in [0.717, 1.165) is 6.42 Å². The number of rotatable bonds is 5. The smallest absolute Gasteiger partial charge is 0.213 e.